The SMILES string of the molecule is CCNC(c1ccc(C)s1)c1sccc1Br. The van der Waals surface area contributed by atoms with E-state index < -0.39 is 0 Å². The summed E-state index contributed by atoms with van der Waals surface area (Å²) in [5, 5.41) is 5.68. The summed E-state index contributed by atoms with van der Waals surface area (Å²) in [5.74, 6) is 0. The molecule has 0 aliphatic carbocycles. The van der Waals surface area contributed by atoms with E-state index in [0.717, 1.165) is 6.54 Å². The van der Waals surface area contributed by atoms with Crippen LogP contribution in [0.1, 0.15) is 27.6 Å². The second-order valence-electron chi connectivity index (χ2n) is 3.57. The van der Waals surface area contributed by atoms with Crippen LogP contribution < -0.4 is 5.32 Å². The first-order chi connectivity index (χ1) is 7.72. The molecular weight excluding hydrogens is 302 g/mol. The van der Waals surface area contributed by atoms with E-state index >= 15 is 0 Å². The molecular formula is C12H14BrNS2. The summed E-state index contributed by atoms with van der Waals surface area (Å²) in [7, 11) is 0. The van der Waals surface area contributed by atoms with Crippen LogP contribution in [0.3, 0.4) is 0 Å². The number of rotatable bonds is 4. The van der Waals surface area contributed by atoms with Crippen LogP contribution in [0.25, 0.3) is 0 Å². The summed E-state index contributed by atoms with van der Waals surface area (Å²) in [5.41, 5.74) is 0. The summed E-state index contributed by atoms with van der Waals surface area (Å²) in [6, 6.07) is 6.86. The monoisotopic (exact) mass is 315 g/mol. The Morgan fingerprint density at radius 2 is 2.19 bits per heavy atom. The van der Waals surface area contributed by atoms with Crippen LogP contribution in [0.2, 0.25) is 0 Å². The molecule has 86 valence electrons. The molecule has 4 heteroatoms. The lowest BCUT2D eigenvalue weighted by Crippen LogP contribution is -2.20. The van der Waals surface area contributed by atoms with Gasteiger partial charge in [0, 0.05) is 19.1 Å². The Morgan fingerprint density at radius 3 is 2.69 bits per heavy atom. The molecule has 16 heavy (non-hydrogen) atoms. The molecule has 2 rings (SSSR count). The number of aryl methyl sites for hydroxylation is 1. The largest absolute Gasteiger partial charge is 0.305 e. The van der Waals surface area contributed by atoms with Gasteiger partial charge in [0.2, 0.25) is 0 Å². The maximum absolute atomic E-state index is 3.62. The fraction of sp³-hybridized carbons (Fsp3) is 0.333. The highest BCUT2D eigenvalue weighted by Gasteiger charge is 2.18. The zero-order valence-electron chi connectivity index (χ0n) is 9.29. The third-order valence-corrected chi connectivity index (χ3v) is 5.36. The number of hydrogen-bond acceptors (Lipinski definition) is 3. The average molecular weight is 316 g/mol. The van der Waals surface area contributed by atoms with Crippen LogP contribution in [-0.4, -0.2) is 6.54 Å². The predicted octanol–water partition coefficient (Wildman–Crippen LogP) is 4.58. The van der Waals surface area contributed by atoms with Gasteiger partial charge in [0.25, 0.3) is 0 Å². The van der Waals surface area contributed by atoms with Gasteiger partial charge in [0.15, 0.2) is 0 Å². The topological polar surface area (TPSA) is 12.0 Å². The zero-order valence-corrected chi connectivity index (χ0v) is 12.5. The van der Waals surface area contributed by atoms with Crippen molar-refractivity contribution in [2.75, 3.05) is 6.54 Å². The second-order valence-corrected chi connectivity index (χ2v) is 6.69. The van der Waals surface area contributed by atoms with E-state index in [9.17, 15) is 0 Å². The van der Waals surface area contributed by atoms with E-state index in [2.05, 4.69) is 58.7 Å². The number of halogens is 1. The average Bonchev–Trinajstić information content (AvgIpc) is 2.84. The highest BCUT2D eigenvalue weighted by atomic mass is 79.9. The molecule has 0 bridgehead atoms. The highest BCUT2D eigenvalue weighted by Crippen LogP contribution is 2.35. The first-order valence-electron chi connectivity index (χ1n) is 5.25. The van der Waals surface area contributed by atoms with Crippen molar-refractivity contribution in [3.8, 4) is 0 Å². The molecule has 0 saturated carbocycles. The van der Waals surface area contributed by atoms with Crippen molar-refractivity contribution in [3.05, 3.63) is 42.7 Å². The van der Waals surface area contributed by atoms with Gasteiger partial charge in [0.1, 0.15) is 0 Å². The Hall–Kier alpha value is -0.160. The van der Waals surface area contributed by atoms with Crippen molar-refractivity contribution in [1.29, 1.82) is 0 Å². The predicted molar refractivity (Wildman–Crippen MR) is 76.6 cm³/mol. The van der Waals surface area contributed by atoms with Gasteiger partial charge in [-0.1, -0.05) is 6.92 Å². The van der Waals surface area contributed by atoms with Gasteiger partial charge in [-0.3, -0.25) is 0 Å². The van der Waals surface area contributed by atoms with Gasteiger partial charge in [-0.05, 0) is 53.0 Å². The molecule has 0 aliphatic heterocycles. The third-order valence-electron chi connectivity index (χ3n) is 2.36. The molecule has 0 aromatic carbocycles. The fourth-order valence-electron chi connectivity index (χ4n) is 1.65. The minimum absolute atomic E-state index is 0.332. The van der Waals surface area contributed by atoms with Crippen LogP contribution >= 0.6 is 38.6 Å². The van der Waals surface area contributed by atoms with Gasteiger partial charge in [-0.15, -0.1) is 22.7 Å². The third kappa shape index (κ3) is 2.56. The van der Waals surface area contributed by atoms with Crippen LogP contribution in [0, 0.1) is 6.92 Å². The maximum Gasteiger partial charge on any atom is 0.0776 e. The van der Waals surface area contributed by atoms with E-state index in [0.29, 0.717) is 6.04 Å². The second kappa shape index (κ2) is 5.45. The van der Waals surface area contributed by atoms with E-state index in [-0.39, 0.29) is 0 Å². The maximum atomic E-state index is 3.62. The van der Waals surface area contributed by atoms with E-state index in [1.807, 2.05) is 11.3 Å². The van der Waals surface area contributed by atoms with E-state index in [4.69, 9.17) is 0 Å². The lowest BCUT2D eigenvalue weighted by molar-refractivity contribution is 0.647. The lowest BCUT2D eigenvalue weighted by atomic mass is 10.2. The standard InChI is InChI=1S/C12H14BrNS2/c1-3-14-11(10-5-4-8(2)16-10)12-9(13)6-7-15-12/h4-7,11,14H,3H2,1-2H3. The van der Waals surface area contributed by atoms with Gasteiger partial charge in [-0.2, -0.15) is 0 Å². The number of nitrogens with one attached hydrogen (secondary N) is 1. The van der Waals surface area contributed by atoms with Crippen LogP contribution in [0.4, 0.5) is 0 Å². The van der Waals surface area contributed by atoms with Crippen molar-refractivity contribution in [1.82, 2.24) is 5.32 Å². The van der Waals surface area contributed by atoms with Crippen LogP contribution in [0.15, 0.2) is 28.1 Å². The van der Waals surface area contributed by atoms with Gasteiger partial charge in [-0.25, -0.2) is 0 Å². The fourth-order valence-corrected chi connectivity index (χ4v) is 4.38. The first kappa shape index (κ1) is 12.3. The molecule has 1 nitrogen and oxygen atoms in total. The van der Waals surface area contributed by atoms with Crippen molar-refractivity contribution in [2.24, 2.45) is 0 Å². The molecule has 2 heterocycles. The highest BCUT2D eigenvalue weighted by molar-refractivity contribution is 9.10. The molecule has 0 amide bonds. The van der Waals surface area contributed by atoms with Crippen LogP contribution in [0.5, 0.6) is 0 Å². The Bertz CT molecular complexity index is 461. The van der Waals surface area contributed by atoms with Crippen molar-refractivity contribution in [2.45, 2.75) is 19.9 Å². The summed E-state index contributed by atoms with van der Waals surface area (Å²) >= 11 is 7.28. The first-order valence-corrected chi connectivity index (χ1v) is 7.74. The quantitative estimate of drug-likeness (QED) is 0.870. The van der Waals surface area contributed by atoms with Crippen LogP contribution in [-0.2, 0) is 0 Å². The molecule has 1 N–H and O–H groups in total. The summed E-state index contributed by atoms with van der Waals surface area (Å²) in [6.45, 7) is 5.28. The van der Waals surface area contributed by atoms with E-state index in [1.165, 1.54) is 19.1 Å². The van der Waals surface area contributed by atoms with Crippen molar-refractivity contribution in [3.63, 3.8) is 0 Å². The van der Waals surface area contributed by atoms with Gasteiger partial charge < -0.3 is 5.32 Å². The summed E-state index contributed by atoms with van der Waals surface area (Å²) in [4.78, 5) is 4.12. The molecule has 2 aromatic rings. The van der Waals surface area contributed by atoms with Crippen molar-refractivity contribution >= 4 is 38.6 Å². The molecule has 1 atom stereocenters. The molecule has 0 fully saturated rings. The summed E-state index contributed by atoms with van der Waals surface area (Å²) < 4.78 is 1.20. The number of thiophene rings is 2. The minimum Gasteiger partial charge on any atom is -0.305 e. The molecule has 0 spiro atoms. The molecule has 2 aromatic heterocycles. The minimum atomic E-state index is 0.332. The zero-order chi connectivity index (χ0) is 11.5. The molecule has 1 unspecified atom stereocenters. The Labute approximate surface area is 113 Å². The Morgan fingerprint density at radius 1 is 1.38 bits per heavy atom. The number of hydrogen-bond donors (Lipinski definition) is 1. The van der Waals surface area contributed by atoms with E-state index in [1.54, 1.807) is 11.3 Å². The Kier molecular flexibility index (Phi) is 4.19. The summed E-state index contributed by atoms with van der Waals surface area (Å²) in [6.07, 6.45) is 0. The lowest BCUT2D eigenvalue weighted by Gasteiger charge is -2.15. The molecule has 0 radical (unpaired) electrons. The van der Waals surface area contributed by atoms with Gasteiger partial charge >= 0.3 is 0 Å². The normalized spacial score (nSPS) is 12.9. The molecule has 0 saturated heterocycles. The smallest absolute Gasteiger partial charge is 0.0776 e. The van der Waals surface area contributed by atoms with Crippen molar-refractivity contribution < 1.29 is 0 Å². The Balaban J connectivity index is 2.34. The molecule has 0 aliphatic rings. The van der Waals surface area contributed by atoms with Gasteiger partial charge in [0.05, 0.1) is 6.04 Å².